The first kappa shape index (κ1) is 76.6. The lowest BCUT2D eigenvalue weighted by atomic mass is 10.1. The largest absolute Gasteiger partial charge is 0.524 e. The smallest absolute Gasteiger partial charge is 0.479 e. The van der Waals surface area contributed by atoms with Crippen LogP contribution in [0.1, 0.15) is 57.5 Å². The van der Waals surface area contributed by atoms with Crippen LogP contribution >= 0.6 is 0 Å². The van der Waals surface area contributed by atoms with Crippen molar-refractivity contribution < 1.29 is 125 Å². The molecular weight excluding hydrogens is 1160 g/mol. The first-order valence-corrected chi connectivity index (χ1v) is 24.3. The number of ether oxygens (including phenoxy) is 2. The summed E-state index contributed by atoms with van der Waals surface area (Å²) in [5.41, 5.74) is -15.4. The van der Waals surface area contributed by atoms with Crippen molar-refractivity contribution in [1.29, 1.82) is 0 Å². The minimum atomic E-state index is -6.85. The van der Waals surface area contributed by atoms with E-state index in [4.69, 9.17) is 19.7 Å². The second kappa shape index (κ2) is 33.7. The van der Waals surface area contributed by atoms with Crippen LogP contribution in [0.2, 0.25) is 0 Å². The Bertz CT molecular complexity index is 2890. The number of halogens is 12. The summed E-state index contributed by atoms with van der Waals surface area (Å²) in [6.45, 7) is -0.158. The molecule has 0 spiro atoms. The molecule has 0 bridgehead atoms. The van der Waals surface area contributed by atoms with E-state index in [9.17, 15) is 97.4 Å². The lowest BCUT2D eigenvalue weighted by Crippen LogP contribution is -2.36. The van der Waals surface area contributed by atoms with Crippen LogP contribution in [-0.4, -0.2) is 93.3 Å². The number of aliphatic hydroxyl groups is 2. The number of carbonyl (C=O) groups excluding carboxylic acids is 2. The molecule has 0 aliphatic carbocycles. The van der Waals surface area contributed by atoms with E-state index < -0.39 is 95.3 Å². The van der Waals surface area contributed by atoms with Gasteiger partial charge in [0.25, 0.3) is 0 Å². The summed E-state index contributed by atoms with van der Waals surface area (Å²) in [4.78, 5) is 34.0. The Morgan fingerprint density at radius 1 is 0.418 bits per heavy atom. The summed E-state index contributed by atoms with van der Waals surface area (Å²) in [5, 5.41) is 27.1. The first-order chi connectivity index (χ1) is 34.5. The Labute approximate surface area is 447 Å². The third kappa shape index (κ3) is 27.7. The van der Waals surface area contributed by atoms with Crippen LogP contribution in [0.3, 0.4) is 0 Å². The van der Waals surface area contributed by atoms with Crippen molar-refractivity contribution >= 4 is 48.3 Å². The van der Waals surface area contributed by atoms with Crippen LogP contribution in [0.15, 0.2) is 133 Å². The van der Waals surface area contributed by atoms with Gasteiger partial charge in [-0.15, -0.1) is 3.63 Å². The van der Waals surface area contributed by atoms with E-state index in [1.807, 2.05) is 34.0 Å². The van der Waals surface area contributed by atoms with Gasteiger partial charge in [-0.05, 0) is 64.2 Å². The molecule has 0 aromatic heterocycles. The van der Waals surface area contributed by atoms with Crippen LogP contribution in [0.4, 0.5) is 52.7 Å². The highest BCUT2D eigenvalue weighted by molar-refractivity contribution is 8.00. The number of carbonyl (C=O) groups is 3. The predicted molar refractivity (Wildman–Crippen MR) is 260 cm³/mol. The number of aliphatic hydroxyl groups excluding tert-OH is 2. The highest BCUT2D eigenvalue weighted by atomic mass is 32.3. The molecule has 0 fully saturated rings. The van der Waals surface area contributed by atoms with E-state index in [0.29, 0.717) is 16.7 Å². The first-order valence-electron chi connectivity index (χ1n) is 20.1. The number of benzene rings is 5. The molecule has 444 valence electrons. The Morgan fingerprint density at radius 3 is 1.01 bits per heavy atom. The zero-order valence-electron chi connectivity index (χ0n) is 37.4. The van der Waals surface area contributed by atoms with E-state index in [1.165, 1.54) is 60.7 Å². The zero-order chi connectivity index (χ0) is 57.0. The van der Waals surface area contributed by atoms with Crippen molar-refractivity contribution in [3.8, 4) is 0 Å². The zero-order valence-corrected chi connectivity index (χ0v) is 39.8. The molecule has 5 aromatic rings. The van der Waals surface area contributed by atoms with Gasteiger partial charge in [0, 0.05) is 19.3 Å². The number of hydrogen-bond donors (Lipinski definition) is 3. The average molecular weight is 1210 g/mol. The van der Waals surface area contributed by atoms with Crippen LogP contribution < -0.4 is 0 Å². The molecule has 0 saturated heterocycles. The topological polar surface area (TPSA) is 251 Å². The van der Waals surface area contributed by atoms with Crippen molar-refractivity contribution in [3.05, 3.63) is 179 Å². The van der Waals surface area contributed by atoms with E-state index in [2.05, 4.69) is 4.18 Å². The molecule has 16 nitrogen and oxygen atoms in total. The lowest BCUT2D eigenvalue weighted by molar-refractivity contribution is -0.155. The Balaban J connectivity index is -0.000000996. The van der Waals surface area contributed by atoms with Gasteiger partial charge >= 0.3 is 64.8 Å². The van der Waals surface area contributed by atoms with Gasteiger partial charge in [-0.2, -0.15) is 64.8 Å². The molecule has 3 N–H and O–H groups in total. The van der Waals surface area contributed by atoms with Gasteiger partial charge in [0.15, 0.2) is 18.3 Å². The average Bonchev–Trinajstić information content (AvgIpc) is 3.31. The van der Waals surface area contributed by atoms with Crippen molar-refractivity contribution in [2.45, 2.75) is 97.0 Å². The van der Waals surface area contributed by atoms with Crippen LogP contribution in [0.5, 0.6) is 0 Å². The van der Waals surface area contributed by atoms with Crippen molar-refractivity contribution in [3.63, 3.8) is 0 Å². The minimum Gasteiger partial charge on any atom is -0.479 e. The lowest BCUT2D eigenvalue weighted by Gasteiger charge is -2.18. The van der Waals surface area contributed by atoms with Crippen molar-refractivity contribution in [2.24, 2.45) is 0 Å². The number of aliphatic carboxylic acids is 1. The molecule has 5 aromatic carbocycles. The number of carboxylic acids is 1. The maximum atomic E-state index is 13.0. The van der Waals surface area contributed by atoms with Crippen molar-refractivity contribution in [1.82, 2.24) is 0 Å². The fraction of sp³-hybridized carbons (Fsp3) is 0.312. The second-order valence-electron chi connectivity index (χ2n) is 14.4. The van der Waals surface area contributed by atoms with Gasteiger partial charge in [-0.1, -0.05) is 127 Å². The summed E-state index contributed by atoms with van der Waals surface area (Å²) < 4.78 is 222. The Morgan fingerprint density at radius 2 is 0.709 bits per heavy atom. The molecule has 31 heteroatoms. The molecule has 0 saturated carbocycles. The molecule has 0 heterocycles. The maximum Gasteiger partial charge on any atom is 0.524 e. The molecular formula is C48H54F12O16S3. The summed E-state index contributed by atoms with van der Waals surface area (Å²) in [6, 6.07) is 32.9. The van der Waals surface area contributed by atoms with Gasteiger partial charge in [-0.25, -0.2) is 31.7 Å². The number of hydrogen-bond acceptors (Lipinski definition) is 15. The van der Waals surface area contributed by atoms with Crippen molar-refractivity contribution in [2.75, 3.05) is 0 Å². The second-order valence-corrected chi connectivity index (χ2v) is 19.3. The summed E-state index contributed by atoms with van der Waals surface area (Å²) in [7, 11) is -19.7. The standard InChI is InChI=1S/C17H14F4O5S.C16H15FO3.C9H9FO3.C2F6O5S2.4CH4/c18-14-8-6-12(7-9-14)10-15(26-27(23,24)17(19,20)21)16(22)25-11-13-4-2-1-3-5-13;17-14-8-6-12(7-9-14)10-15(18)16(19)20-11-13-4-2-1-3-5-13;10-7-3-1-6(2-4-7)5-8(11)9(12)13;3-1(4,5)14(9,10)13-15(11,12)2(6,7)8;;;;/h1-9,15H,10-11H2;1-9,15,18H,10-11H2;1-4,8,11H,5H2,(H,12,13);;4*1H4/t2*15-;8-;;;;;/m111...../s1. The minimum absolute atomic E-state index is 0. The van der Waals surface area contributed by atoms with Gasteiger partial charge in [0.2, 0.25) is 0 Å². The normalized spacial score (nSPS) is 12.5. The number of carboxylic acid groups (broad SMARTS) is 1. The molecule has 0 amide bonds. The molecule has 3 atom stereocenters. The SMILES string of the molecule is C.C.C.C.O=C(O)[C@H](O)Cc1ccc(F)cc1.O=C(OCc1ccccc1)[C@@H](Cc1ccc(F)cc1)OS(=O)(=O)C(F)(F)F.O=C(OCc1ccccc1)[C@H](O)Cc1ccc(F)cc1.O=S(=O)(OS(=O)(=O)C(F)(F)F)C(F)(F)F. The number of rotatable bonds is 17. The highest BCUT2D eigenvalue weighted by Gasteiger charge is 2.57. The maximum absolute atomic E-state index is 13.0. The monoisotopic (exact) mass is 1210 g/mol. The number of alkyl halides is 9. The fourth-order valence-corrected chi connectivity index (χ4v) is 7.02. The molecule has 0 radical (unpaired) electrons. The van der Waals surface area contributed by atoms with E-state index in [0.717, 1.165) is 17.7 Å². The molecule has 0 unspecified atom stereocenters. The molecule has 79 heavy (non-hydrogen) atoms. The summed E-state index contributed by atoms with van der Waals surface area (Å²) >= 11 is 0. The van der Waals surface area contributed by atoms with Crippen LogP contribution in [0.25, 0.3) is 0 Å². The van der Waals surface area contributed by atoms with Gasteiger partial charge < -0.3 is 24.8 Å². The van der Waals surface area contributed by atoms with Crippen LogP contribution in [0, 0.1) is 17.5 Å². The van der Waals surface area contributed by atoms with E-state index in [-0.39, 0.29) is 73.0 Å². The Hall–Kier alpha value is -6.64. The fourth-order valence-electron chi connectivity index (χ4n) is 4.90. The van der Waals surface area contributed by atoms with Gasteiger partial charge in [0.1, 0.15) is 30.7 Å². The number of esters is 2. The van der Waals surface area contributed by atoms with Crippen LogP contribution in [-0.2, 0) is 94.5 Å². The third-order valence-electron chi connectivity index (χ3n) is 8.56. The molecule has 5 rings (SSSR count). The van der Waals surface area contributed by atoms with E-state index in [1.54, 1.807) is 30.3 Å². The highest BCUT2D eigenvalue weighted by Crippen LogP contribution is 2.32. The molecule has 0 aliphatic heterocycles. The van der Waals surface area contributed by atoms with E-state index >= 15 is 0 Å². The summed E-state index contributed by atoms with van der Waals surface area (Å²) in [5.74, 6) is -4.59. The summed E-state index contributed by atoms with van der Waals surface area (Å²) in [6.07, 6.45) is -5.20. The molecule has 0 aliphatic rings. The predicted octanol–water partition coefficient (Wildman–Crippen LogP) is 9.88. The quantitative estimate of drug-likeness (QED) is 0.0339. The van der Waals surface area contributed by atoms with Gasteiger partial charge in [-0.3, -0.25) is 0 Å². The Kier molecular flexibility index (Phi) is 32.7. The van der Waals surface area contributed by atoms with Gasteiger partial charge in [0.05, 0.1) is 0 Å². The third-order valence-corrected chi connectivity index (χ3v) is 12.2.